The Morgan fingerprint density at radius 1 is 1.30 bits per heavy atom. The van der Waals surface area contributed by atoms with Crippen LogP contribution in [0.25, 0.3) is 0 Å². The van der Waals surface area contributed by atoms with E-state index in [1.807, 2.05) is 0 Å². The number of hydrogen-bond donors (Lipinski definition) is 3. The molecule has 0 saturated carbocycles. The number of aromatic nitrogens is 1. The van der Waals surface area contributed by atoms with Crippen molar-refractivity contribution in [1.82, 2.24) is 8.87 Å². The molecule has 23 heavy (non-hydrogen) atoms. The van der Waals surface area contributed by atoms with Crippen molar-refractivity contribution in [3.63, 3.8) is 0 Å². The van der Waals surface area contributed by atoms with Gasteiger partial charge in [-0.05, 0) is 30.4 Å². The first kappa shape index (κ1) is 17.4. The molecule has 9 nitrogen and oxygen atoms in total. The molecule has 1 aromatic rings. The number of amides is 1. The molecule has 2 rings (SSSR count). The molecule has 0 radical (unpaired) electrons. The summed E-state index contributed by atoms with van der Waals surface area (Å²) in [6.45, 7) is 1.27. The molecule has 0 aromatic carbocycles. The summed E-state index contributed by atoms with van der Waals surface area (Å²) >= 11 is 0. The van der Waals surface area contributed by atoms with Crippen molar-refractivity contribution in [2.45, 2.75) is 25.2 Å². The van der Waals surface area contributed by atoms with Gasteiger partial charge in [0, 0.05) is 32.3 Å². The van der Waals surface area contributed by atoms with Crippen molar-refractivity contribution < 1.29 is 23.1 Å². The van der Waals surface area contributed by atoms with E-state index in [0.717, 1.165) is 6.20 Å². The number of hydrogen-bond acceptors (Lipinski definition) is 5. The Morgan fingerprint density at radius 3 is 2.39 bits per heavy atom. The van der Waals surface area contributed by atoms with E-state index in [-0.39, 0.29) is 23.9 Å². The molecule has 1 fully saturated rings. The molecule has 0 bridgehead atoms. The van der Waals surface area contributed by atoms with Crippen LogP contribution in [0.5, 0.6) is 0 Å². The summed E-state index contributed by atoms with van der Waals surface area (Å²) in [5, 5.41) is 14.4. The third kappa shape index (κ3) is 3.71. The first-order valence-corrected chi connectivity index (χ1v) is 8.71. The number of rotatable bonds is 5. The maximum atomic E-state index is 11.8. The summed E-state index contributed by atoms with van der Waals surface area (Å²) in [6, 6.07) is 1.47. The molecule has 0 spiro atoms. The summed E-state index contributed by atoms with van der Waals surface area (Å²) in [4.78, 5) is 24.9. The number of nitrogens with two attached hydrogens (primary N) is 2. The van der Waals surface area contributed by atoms with E-state index >= 15 is 0 Å². The molecule has 0 unspecified atom stereocenters. The van der Waals surface area contributed by atoms with Crippen LogP contribution in [0.4, 0.5) is 0 Å². The average molecular weight is 344 g/mol. The monoisotopic (exact) mass is 344 g/mol. The fourth-order valence-corrected chi connectivity index (χ4v) is 3.58. The van der Waals surface area contributed by atoms with Crippen molar-refractivity contribution in [1.29, 1.82) is 0 Å². The van der Waals surface area contributed by atoms with Crippen molar-refractivity contribution in [3.05, 3.63) is 23.5 Å². The van der Waals surface area contributed by atoms with E-state index < -0.39 is 16.2 Å². The molecule has 0 aliphatic carbocycles. The first-order valence-electron chi connectivity index (χ1n) is 7.21. The van der Waals surface area contributed by atoms with Gasteiger partial charge < -0.3 is 15.7 Å². The fourth-order valence-electron chi connectivity index (χ4n) is 2.91. The Bertz CT molecular complexity index is 704. The van der Waals surface area contributed by atoms with Gasteiger partial charge in [-0.25, -0.2) is 13.9 Å². The SMILES string of the molecule is NCCC(=O)N1CCC(c2ccn(S(N)(=O)=O)c2C(=O)O)CC1. The molecular weight excluding hydrogens is 324 g/mol. The highest BCUT2D eigenvalue weighted by Gasteiger charge is 2.30. The molecule has 1 amide bonds. The third-order valence-electron chi connectivity index (χ3n) is 4.01. The molecule has 1 aliphatic heterocycles. The number of piperidine rings is 1. The summed E-state index contributed by atoms with van der Waals surface area (Å²) in [5.74, 6) is -1.50. The van der Waals surface area contributed by atoms with E-state index in [1.54, 1.807) is 4.90 Å². The zero-order valence-corrected chi connectivity index (χ0v) is 13.3. The van der Waals surface area contributed by atoms with Gasteiger partial charge in [0.25, 0.3) is 0 Å². The van der Waals surface area contributed by atoms with Crippen LogP contribution >= 0.6 is 0 Å². The second kappa shape index (κ2) is 6.69. The van der Waals surface area contributed by atoms with Gasteiger partial charge in [-0.2, -0.15) is 8.42 Å². The number of nitrogens with zero attached hydrogens (tertiary/aromatic N) is 2. The lowest BCUT2D eigenvalue weighted by molar-refractivity contribution is -0.132. The second-order valence-corrected chi connectivity index (χ2v) is 6.88. The lowest BCUT2D eigenvalue weighted by Crippen LogP contribution is -2.39. The van der Waals surface area contributed by atoms with Gasteiger partial charge in [-0.15, -0.1) is 0 Å². The van der Waals surface area contributed by atoms with E-state index in [2.05, 4.69) is 0 Å². The molecule has 5 N–H and O–H groups in total. The van der Waals surface area contributed by atoms with Crippen LogP contribution < -0.4 is 10.9 Å². The fraction of sp³-hybridized carbons (Fsp3) is 0.538. The highest BCUT2D eigenvalue weighted by atomic mass is 32.2. The van der Waals surface area contributed by atoms with Crippen LogP contribution in [0, 0.1) is 0 Å². The number of carbonyl (C=O) groups is 2. The van der Waals surface area contributed by atoms with E-state index in [1.165, 1.54) is 6.07 Å². The Morgan fingerprint density at radius 2 is 1.91 bits per heavy atom. The van der Waals surface area contributed by atoms with Crippen molar-refractivity contribution in [2.24, 2.45) is 10.9 Å². The van der Waals surface area contributed by atoms with Crippen LogP contribution in [-0.2, 0) is 15.0 Å². The predicted molar refractivity (Wildman–Crippen MR) is 82.1 cm³/mol. The maximum Gasteiger partial charge on any atom is 0.353 e. The van der Waals surface area contributed by atoms with Crippen LogP contribution in [0.1, 0.15) is 41.2 Å². The summed E-state index contributed by atoms with van der Waals surface area (Å²) in [7, 11) is -4.17. The molecule has 1 aromatic heterocycles. The highest BCUT2D eigenvalue weighted by molar-refractivity contribution is 7.87. The van der Waals surface area contributed by atoms with Gasteiger partial charge >= 0.3 is 16.2 Å². The average Bonchev–Trinajstić information content (AvgIpc) is 2.93. The largest absolute Gasteiger partial charge is 0.477 e. The minimum atomic E-state index is -4.17. The molecule has 10 heteroatoms. The smallest absolute Gasteiger partial charge is 0.353 e. The summed E-state index contributed by atoms with van der Waals surface area (Å²) < 4.78 is 23.5. The van der Waals surface area contributed by atoms with Crippen molar-refractivity contribution >= 4 is 22.1 Å². The van der Waals surface area contributed by atoms with E-state index in [0.29, 0.717) is 42.0 Å². The number of aromatic carboxylic acids is 1. The van der Waals surface area contributed by atoms with Crippen LogP contribution in [0.3, 0.4) is 0 Å². The van der Waals surface area contributed by atoms with Crippen molar-refractivity contribution in [3.8, 4) is 0 Å². The second-order valence-electron chi connectivity index (χ2n) is 5.46. The number of likely N-dealkylation sites (tertiary alicyclic amines) is 1. The normalized spacial score (nSPS) is 16.5. The lowest BCUT2D eigenvalue weighted by Gasteiger charge is -2.32. The Kier molecular flexibility index (Phi) is 5.07. The molecule has 1 aliphatic rings. The Balaban J connectivity index is 2.20. The Labute approximate surface area is 134 Å². The van der Waals surface area contributed by atoms with Crippen LogP contribution in [-0.4, -0.2) is 53.9 Å². The quantitative estimate of drug-likeness (QED) is 0.642. The van der Waals surface area contributed by atoms with E-state index in [4.69, 9.17) is 10.9 Å². The van der Waals surface area contributed by atoms with Crippen LogP contribution in [0.2, 0.25) is 0 Å². The molecule has 1 saturated heterocycles. The van der Waals surface area contributed by atoms with Gasteiger partial charge in [0.15, 0.2) is 0 Å². The minimum absolute atomic E-state index is 0.0217. The minimum Gasteiger partial charge on any atom is -0.477 e. The van der Waals surface area contributed by atoms with Crippen molar-refractivity contribution in [2.75, 3.05) is 19.6 Å². The zero-order valence-electron chi connectivity index (χ0n) is 12.5. The zero-order chi connectivity index (χ0) is 17.2. The van der Waals surface area contributed by atoms with Crippen LogP contribution in [0.15, 0.2) is 12.3 Å². The number of carboxylic acids is 1. The Hall–Kier alpha value is -1.91. The standard InChI is InChI=1S/C13H20N4O5S/c14-5-1-11(18)16-6-2-9(3-7-16)10-4-8-17(23(15,21)22)12(10)13(19)20/h4,8-9H,1-3,5-7,14H2,(H,19,20)(H2,15,21,22). The molecular formula is C13H20N4O5S. The maximum absolute atomic E-state index is 11.8. The van der Waals surface area contributed by atoms with Gasteiger partial charge in [0.1, 0.15) is 5.69 Å². The predicted octanol–water partition coefficient (Wildman–Crippen LogP) is -0.707. The molecule has 2 heterocycles. The van der Waals surface area contributed by atoms with Gasteiger partial charge in [-0.3, -0.25) is 4.79 Å². The third-order valence-corrected chi connectivity index (χ3v) is 4.86. The number of carboxylic acid groups (broad SMARTS) is 1. The topological polar surface area (TPSA) is 149 Å². The molecule has 0 atom stereocenters. The summed E-state index contributed by atoms with van der Waals surface area (Å²) in [6.07, 6.45) is 2.56. The summed E-state index contributed by atoms with van der Waals surface area (Å²) in [5.41, 5.74) is 5.46. The molecule has 128 valence electrons. The lowest BCUT2D eigenvalue weighted by atomic mass is 9.89. The van der Waals surface area contributed by atoms with Gasteiger partial charge in [-0.1, -0.05) is 0 Å². The van der Waals surface area contributed by atoms with Gasteiger partial charge in [0.05, 0.1) is 0 Å². The number of carbonyl (C=O) groups excluding carboxylic acids is 1. The van der Waals surface area contributed by atoms with E-state index in [9.17, 15) is 23.1 Å². The van der Waals surface area contributed by atoms with Gasteiger partial charge in [0.2, 0.25) is 5.91 Å². The highest BCUT2D eigenvalue weighted by Crippen LogP contribution is 2.31. The first-order chi connectivity index (χ1) is 10.8.